The SMILES string of the molecule is C1CCNC1.C[C@@H]1CN(C(c2ccccc2)c2ccccc2)[C@@H](C)CN1C(=O)c1cc2c(C(=O)C(=O)N3CCCC3)c[nH]c2cc1Cl.C[C@@H]1CN(C(c2ccccc2)c2ccccc2)[C@@H](C)CN1C(=O)c1cc2c(C(=O)C(=O)N3CCCC3)cn(N)c2cc1Cl.C[C@@H]1CN(C(c2ccccc2)c2ccccc2)[C@@H](C)CN1C(=O)c1cc2cc[nH]c2cc1Cl. The molecule has 6 aliphatic heterocycles. The number of nitrogen functional groups attached to an aromatic ring is 1. The topological polar surface area (TPSA) is 220 Å². The Morgan fingerprint density at radius 2 is 0.691 bits per heavy atom. The van der Waals surface area contributed by atoms with Gasteiger partial charge in [0, 0.05) is 147 Å². The number of rotatable bonds is 16. The number of piperazine rings is 3. The number of benzene rings is 9. The Morgan fingerprint density at radius 1 is 0.358 bits per heavy atom. The van der Waals surface area contributed by atoms with Crippen LogP contribution in [0, 0.1) is 0 Å². The molecule has 3 aromatic heterocycles. The van der Waals surface area contributed by atoms with Crippen LogP contribution >= 0.6 is 34.8 Å². The number of ketones is 2. The maximum atomic E-state index is 14.1. The molecule has 20 nitrogen and oxygen atoms in total. The van der Waals surface area contributed by atoms with Crippen LogP contribution in [-0.4, -0.2) is 210 Å². The molecule has 23 heteroatoms. The van der Waals surface area contributed by atoms with Crippen molar-refractivity contribution >= 4 is 109 Å². The van der Waals surface area contributed by atoms with Gasteiger partial charge in [-0.2, -0.15) is 0 Å². The third-order valence-electron chi connectivity index (χ3n) is 25.2. The summed E-state index contributed by atoms with van der Waals surface area (Å²) in [5.41, 5.74) is 11.1. The van der Waals surface area contributed by atoms with E-state index in [4.69, 9.17) is 40.6 Å². The van der Waals surface area contributed by atoms with Gasteiger partial charge < -0.3 is 45.6 Å². The van der Waals surface area contributed by atoms with Crippen molar-refractivity contribution in [1.82, 2.24) is 59.2 Å². The number of nitrogens with two attached hydrogens (primary N) is 1. The molecule has 0 saturated carbocycles. The molecule has 6 fully saturated rings. The summed E-state index contributed by atoms with van der Waals surface area (Å²) in [6.07, 6.45) is 11.2. The van der Waals surface area contributed by atoms with Gasteiger partial charge in [0.15, 0.2) is 0 Å². The zero-order chi connectivity index (χ0) is 86.1. The number of hydrogen-bond acceptors (Lipinski definition) is 12. The van der Waals surface area contributed by atoms with Crippen molar-refractivity contribution in [3.8, 4) is 0 Å². The number of amides is 5. The third-order valence-corrected chi connectivity index (χ3v) is 26.2. The molecular weight excluding hydrogens is 1600 g/mol. The molecule has 5 N–H and O–H groups in total. The first-order valence-electron chi connectivity index (χ1n) is 43.1. The Kier molecular flexibility index (Phi) is 27.6. The second kappa shape index (κ2) is 39.1. The number of fused-ring (bicyclic) bond motifs is 3. The first-order valence-corrected chi connectivity index (χ1v) is 44.3. The summed E-state index contributed by atoms with van der Waals surface area (Å²) in [4.78, 5) is 116. The second-order valence-corrected chi connectivity index (χ2v) is 34.8. The van der Waals surface area contributed by atoms with Gasteiger partial charge in [0.05, 0.1) is 66.5 Å². The zero-order valence-corrected chi connectivity index (χ0v) is 72.9. The number of carbonyl (C=O) groups is 7. The largest absolute Gasteiger partial charge is 0.361 e. The summed E-state index contributed by atoms with van der Waals surface area (Å²) in [7, 11) is 0. The lowest BCUT2D eigenvalue weighted by atomic mass is 9.93. The molecule has 0 aliphatic carbocycles. The van der Waals surface area contributed by atoms with Gasteiger partial charge >= 0.3 is 0 Å². The van der Waals surface area contributed by atoms with Gasteiger partial charge in [-0.05, 0) is 169 Å². The summed E-state index contributed by atoms with van der Waals surface area (Å²) in [5, 5.41) is 6.25. The molecule has 9 heterocycles. The third kappa shape index (κ3) is 19.0. The van der Waals surface area contributed by atoms with Crippen molar-refractivity contribution < 1.29 is 33.6 Å². The number of Topliss-reactive ketones (excluding diaryl/α,β-unsaturated/α-hetero) is 2. The standard InChI is InChI=1S/C34H36ClN5O3.C34H35ClN4O3.C28H28ClN3O.C4H9N/c1-22-20-39(23(2)19-38(22)31(24-11-5-3-6-12-24)25-13-7-4-8-14-25)33(42)27-17-26-28(21-40(36)30(26)18-29(27)35)32(41)34(43)37-15-9-10-16-37;1-22-21-39(23(2)20-38(22)31(24-11-5-3-6-12-24)25-13-7-4-8-14-25)33(41)27-17-26-28(19-36-30(26)18-29(27)35)32(40)34(42)37-15-9-10-16-37;1-19-18-32(28(33)24-15-23-13-14-30-26(23)16-25(24)29)20(2)17-31(19)27(21-9-5-3-6-10-21)22-11-7-4-8-12-22;1-2-4-5-3-1/h3-8,11-14,17-18,21-23,31H,9-10,15-16,19-20,36H2,1-2H3;3-8,11-14,17-19,22-23,31,36H,9-10,15-16,20-21H2,1-2H3;3-16,19-20,27,30H,17-18H2,1-2H3;5H,1-4H2/t2*22-,23+;19-,20+;/m000./s1. The fourth-order valence-corrected chi connectivity index (χ4v) is 19.4. The molecule has 0 bridgehead atoms. The second-order valence-electron chi connectivity index (χ2n) is 33.6. The van der Waals surface area contributed by atoms with Crippen LogP contribution in [0.2, 0.25) is 15.1 Å². The van der Waals surface area contributed by atoms with Crippen molar-refractivity contribution in [2.45, 2.75) is 134 Å². The Labute approximate surface area is 734 Å². The smallest absolute Gasteiger partial charge is 0.295 e. The highest BCUT2D eigenvalue weighted by molar-refractivity contribution is 6.46. The van der Waals surface area contributed by atoms with Crippen LogP contribution in [0.1, 0.15) is 183 Å². The van der Waals surface area contributed by atoms with E-state index in [1.807, 2.05) is 63.4 Å². The number of H-pyrrole nitrogens is 2. The van der Waals surface area contributed by atoms with Crippen LogP contribution in [0.5, 0.6) is 0 Å². The van der Waals surface area contributed by atoms with Crippen LogP contribution in [0.4, 0.5) is 0 Å². The summed E-state index contributed by atoms with van der Waals surface area (Å²) in [6, 6.07) is 75.8. The van der Waals surface area contributed by atoms with Crippen LogP contribution in [0.3, 0.4) is 0 Å². The molecule has 636 valence electrons. The molecule has 6 aliphatic rings. The van der Waals surface area contributed by atoms with E-state index in [9.17, 15) is 33.6 Å². The fourth-order valence-electron chi connectivity index (χ4n) is 18.7. The number of likely N-dealkylation sites (tertiary alicyclic amines) is 2. The summed E-state index contributed by atoms with van der Waals surface area (Å²) in [6.45, 7) is 21.4. The Morgan fingerprint density at radius 3 is 1.05 bits per heavy atom. The molecule has 18 rings (SSSR count). The van der Waals surface area contributed by atoms with Gasteiger partial charge in [-0.3, -0.25) is 52.9 Å². The number of carbonyl (C=O) groups excluding carboxylic acids is 7. The minimum absolute atomic E-state index is 0.00178. The quantitative estimate of drug-likeness (QED) is 0.0403. The lowest BCUT2D eigenvalue weighted by Crippen LogP contribution is -2.58. The van der Waals surface area contributed by atoms with E-state index in [1.165, 1.54) is 70.2 Å². The Bertz CT molecular complexity index is 5600. The van der Waals surface area contributed by atoms with Crippen LogP contribution in [0.15, 0.2) is 243 Å². The number of halogens is 3. The lowest BCUT2D eigenvalue weighted by Gasteiger charge is -2.47. The molecule has 6 saturated heterocycles. The van der Waals surface area contributed by atoms with Crippen molar-refractivity contribution in [1.29, 1.82) is 0 Å². The summed E-state index contributed by atoms with van der Waals surface area (Å²) in [5.74, 6) is 3.54. The van der Waals surface area contributed by atoms with E-state index in [1.54, 1.807) is 40.3 Å². The van der Waals surface area contributed by atoms with Crippen LogP contribution in [0.25, 0.3) is 32.7 Å². The number of aromatic nitrogens is 3. The van der Waals surface area contributed by atoms with E-state index >= 15 is 0 Å². The number of nitrogens with one attached hydrogen (secondary N) is 3. The van der Waals surface area contributed by atoms with Crippen LogP contribution < -0.4 is 11.2 Å². The minimum atomic E-state index is -0.625. The highest BCUT2D eigenvalue weighted by atomic mass is 35.5. The van der Waals surface area contributed by atoms with E-state index in [-0.39, 0.29) is 88.2 Å². The molecule has 6 atom stereocenters. The fraction of sp³-hybridized carbons (Fsp3) is 0.330. The molecule has 12 aromatic rings. The monoisotopic (exact) mass is 1710 g/mol. The number of hydrogen-bond donors (Lipinski definition) is 4. The van der Waals surface area contributed by atoms with Crippen molar-refractivity contribution in [2.24, 2.45) is 0 Å². The minimum Gasteiger partial charge on any atom is -0.361 e. The average Bonchev–Trinajstić information content (AvgIpc) is 1.55. The van der Waals surface area contributed by atoms with Gasteiger partial charge in [-0.1, -0.05) is 217 Å². The number of nitrogens with zero attached hydrogens (tertiary/aromatic N) is 9. The zero-order valence-electron chi connectivity index (χ0n) is 70.6. The molecule has 5 amide bonds. The van der Waals surface area contributed by atoms with Gasteiger partial charge in [0.2, 0.25) is 0 Å². The average molecular weight is 1710 g/mol. The first-order chi connectivity index (χ1) is 59.6. The summed E-state index contributed by atoms with van der Waals surface area (Å²) < 4.78 is 1.29. The van der Waals surface area contributed by atoms with E-state index in [0.717, 1.165) is 43.1 Å². The Balaban J connectivity index is 0.000000140. The lowest BCUT2D eigenvalue weighted by molar-refractivity contribution is -0.126. The number of aromatic amines is 2. The van der Waals surface area contributed by atoms with Gasteiger partial charge in [0.1, 0.15) is 0 Å². The predicted octanol–water partition coefficient (Wildman–Crippen LogP) is 17.6. The van der Waals surface area contributed by atoms with Crippen LogP contribution in [-0.2, 0) is 9.59 Å². The molecular formula is C100H108Cl3N13O7. The molecule has 0 unspecified atom stereocenters. The predicted molar refractivity (Wildman–Crippen MR) is 490 cm³/mol. The van der Waals surface area contributed by atoms with Gasteiger partial charge in [0.25, 0.3) is 41.1 Å². The highest BCUT2D eigenvalue weighted by Crippen LogP contribution is 2.40. The molecule has 123 heavy (non-hydrogen) atoms. The maximum absolute atomic E-state index is 14.1. The van der Waals surface area contributed by atoms with Gasteiger partial charge in [-0.15, -0.1) is 0 Å². The van der Waals surface area contributed by atoms with E-state index < -0.39 is 23.4 Å². The van der Waals surface area contributed by atoms with E-state index in [0.29, 0.717) is 107 Å². The van der Waals surface area contributed by atoms with E-state index in [2.05, 4.69) is 229 Å². The van der Waals surface area contributed by atoms with Gasteiger partial charge in [-0.25, -0.2) is 0 Å². The van der Waals surface area contributed by atoms with Crippen molar-refractivity contribution in [3.63, 3.8) is 0 Å². The summed E-state index contributed by atoms with van der Waals surface area (Å²) >= 11 is 19.9. The first kappa shape index (κ1) is 86.7. The normalized spacial score (nSPS) is 19.6. The molecule has 0 spiro atoms. The van der Waals surface area contributed by atoms with Crippen molar-refractivity contribution in [2.75, 3.05) is 84.4 Å². The molecule has 9 aromatic carbocycles. The highest BCUT2D eigenvalue weighted by Gasteiger charge is 2.42. The molecule has 0 radical (unpaired) electrons. The Hall–Kier alpha value is -11.2. The maximum Gasteiger partial charge on any atom is 0.295 e. The van der Waals surface area contributed by atoms with Crippen molar-refractivity contribution in [3.05, 3.63) is 319 Å².